The lowest BCUT2D eigenvalue weighted by Gasteiger charge is -2.14. The summed E-state index contributed by atoms with van der Waals surface area (Å²) in [6.45, 7) is 0. The van der Waals surface area contributed by atoms with Crippen LogP contribution in [-0.4, -0.2) is 25.3 Å². The van der Waals surface area contributed by atoms with Crippen LogP contribution in [0.3, 0.4) is 0 Å². The van der Waals surface area contributed by atoms with Gasteiger partial charge in [0.2, 0.25) is 0 Å². The fraction of sp³-hybridized carbons (Fsp3) is 0.444. The first-order chi connectivity index (χ1) is 7.34. The summed E-state index contributed by atoms with van der Waals surface area (Å²) in [7, 11) is 0. The van der Waals surface area contributed by atoms with Crippen molar-refractivity contribution in [1.29, 1.82) is 0 Å². The number of aryl methyl sites for hydroxylation is 1. The molecule has 2 aromatic heterocycles. The molecule has 78 valence electrons. The molecule has 5 nitrogen and oxygen atoms in total. The number of hydrogen-bond acceptors (Lipinski definition) is 5. The predicted molar refractivity (Wildman–Crippen MR) is 55.4 cm³/mol. The van der Waals surface area contributed by atoms with Crippen LogP contribution >= 0.6 is 11.3 Å². The summed E-state index contributed by atoms with van der Waals surface area (Å²) in [5, 5.41) is 17.2. The van der Waals surface area contributed by atoms with Gasteiger partial charge < -0.3 is 5.11 Å². The molecule has 1 aliphatic rings. The van der Waals surface area contributed by atoms with Crippen LogP contribution in [0, 0.1) is 0 Å². The van der Waals surface area contributed by atoms with Crippen molar-refractivity contribution in [2.75, 3.05) is 0 Å². The largest absolute Gasteiger partial charge is 0.388 e. The first-order valence-corrected chi connectivity index (χ1v) is 5.69. The highest BCUT2D eigenvalue weighted by atomic mass is 32.1. The standard InChI is InChI=1S/C9H10N4OS/c14-6-3-1-2-5-7(6)15-9(12-5)8-10-4-11-13-8/h4,6,14H,1-3H2,(H,10,11,13). The first kappa shape index (κ1) is 8.99. The van der Waals surface area contributed by atoms with Crippen molar-refractivity contribution in [3.8, 4) is 10.8 Å². The van der Waals surface area contributed by atoms with Gasteiger partial charge in [0.25, 0.3) is 0 Å². The Kier molecular flexibility index (Phi) is 2.03. The van der Waals surface area contributed by atoms with Crippen molar-refractivity contribution in [1.82, 2.24) is 20.2 Å². The van der Waals surface area contributed by atoms with E-state index < -0.39 is 0 Å². The second-order valence-electron chi connectivity index (χ2n) is 3.57. The van der Waals surface area contributed by atoms with Gasteiger partial charge in [-0.3, -0.25) is 5.10 Å². The van der Waals surface area contributed by atoms with E-state index in [0.29, 0.717) is 5.82 Å². The molecule has 3 rings (SSSR count). The highest BCUT2D eigenvalue weighted by Crippen LogP contribution is 2.36. The monoisotopic (exact) mass is 222 g/mol. The van der Waals surface area contributed by atoms with E-state index in [9.17, 15) is 5.11 Å². The summed E-state index contributed by atoms with van der Waals surface area (Å²) >= 11 is 1.51. The van der Waals surface area contributed by atoms with Gasteiger partial charge in [-0.05, 0) is 19.3 Å². The van der Waals surface area contributed by atoms with Crippen LogP contribution in [0.2, 0.25) is 0 Å². The van der Waals surface area contributed by atoms with Gasteiger partial charge in [0, 0.05) is 0 Å². The number of rotatable bonds is 1. The van der Waals surface area contributed by atoms with Gasteiger partial charge in [-0.1, -0.05) is 0 Å². The SMILES string of the molecule is OC1CCCc2nc(-c3ncn[nH]3)sc21. The zero-order valence-corrected chi connectivity index (χ0v) is 8.79. The highest BCUT2D eigenvalue weighted by Gasteiger charge is 2.23. The molecule has 2 N–H and O–H groups in total. The van der Waals surface area contributed by atoms with E-state index in [1.807, 2.05) is 0 Å². The minimum Gasteiger partial charge on any atom is -0.388 e. The summed E-state index contributed by atoms with van der Waals surface area (Å²) in [4.78, 5) is 9.52. The van der Waals surface area contributed by atoms with Gasteiger partial charge in [-0.2, -0.15) is 5.10 Å². The molecule has 1 atom stereocenters. The summed E-state index contributed by atoms with van der Waals surface area (Å²) in [5.41, 5.74) is 1.02. The van der Waals surface area contributed by atoms with E-state index in [0.717, 1.165) is 34.8 Å². The molecule has 0 radical (unpaired) electrons. The lowest BCUT2D eigenvalue weighted by atomic mass is 10.0. The molecule has 0 spiro atoms. The Morgan fingerprint density at radius 2 is 2.47 bits per heavy atom. The maximum Gasteiger partial charge on any atom is 0.184 e. The molecule has 2 heterocycles. The minimum absolute atomic E-state index is 0.345. The molecule has 0 amide bonds. The normalized spacial score (nSPS) is 20.2. The lowest BCUT2D eigenvalue weighted by Crippen LogP contribution is -2.06. The average molecular weight is 222 g/mol. The van der Waals surface area contributed by atoms with E-state index in [-0.39, 0.29) is 6.10 Å². The molecule has 1 aliphatic carbocycles. The number of nitrogens with zero attached hydrogens (tertiary/aromatic N) is 3. The Hall–Kier alpha value is -1.27. The van der Waals surface area contributed by atoms with Crippen molar-refractivity contribution in [3.05, 3.63) is 16.9 Å². The second kappa shape index (κ2) is 3.39. The zero-order valence-electron chi connectivity index (χ0n) is 7.97. The van der Waals surface area contributed by atoms with Crippen LogP contribution in [0.25, 0.3) is 10.8 Å². The van der Waals surface area contributed by atoms with Gasteiger partial charge in [-0.25, -0.2) is 9.97 Å². The van der Waals surface area contributed by atoms with Gasteiger partial charge in [0.05, 0.1) is 16.7 Å². The molecule has 0 fully saturated rings. The number of fused-ring (bicyclic) bond motifs is 1. The van der Waals surface area contributed by atoms with Crippen LogP contribution in [0.4, 0.5) is 0 Å². The quantitative estimate of drug-likeness (QED) is 0.762. The van der Waals surface area contributed by atoms with Gasteiger partial charge in [0.15, 0.2) is 10.8 Å². The van der Waals surface area contributed by atoms with Gasteiger partial charge in [-0.15, -0.1) is 11.3 Å². The summed E-state index contributed by atoms with van der Waals surface area (Å²) in [6.07, 6.45) is 3.92. The molecule has 2 aromatic rings. The summed E-state index contributed by atoms with van der Waals surface area (Å²) in [6, 6.07) is 0. The molecular formula is C9H10N4OS. The van der Waals surface area contributed by atoms with Crippen LogP contribution in [0.5, 0.6) is 0 Å². The molecule has 0 aliphatic heterocycles. The number of aromatic nitrogens is 4. The Morgan fingerprint density at radius 3 is 3.20 bits per heavy atom. The Bertz CT molecular complexity index is 464. The fourth-order valence-corrected chi connectivity index (χ4v) is 2.89. The number of nitrogens with one attached hydrogen (secondary N) is 1. The molecule has 15 heavy (non-hydrogen) atoms. The van der Waals surface area contributed by atoms with Crippen LogP contribution < -0.4 is 0 Å². The van der Waals surface area contributed by atoms with E-state index in [4.69, 9.17) is 0 Å². The van der Waals surface area contributed by atoms with Crippen LogP contribution in [-0.2, 0) is 6.42 Å². The Morgan fingerprint density at radius 1 is 1.53 bits per heavy atom. The topological polar surface area (TPSA) is 74.7 Å². The van der Waals surface area contributed by atoms with E-state index in [1.165, 1.54) is 17.7 Å². The van der Waals surface area contributed by atoms with Crippen molar-refractivity contribution in [2.45, 2.75) is 25.4 Å². The maximum absolute atomic E-state index is 9.80. The molecule has 0 saturated carbocycles. The van der Waals surface area contributed by atoms with Crippen LogP contribution in [0.1, 0.15) is 29.5 Å². The average Bonchev–Trinajstić information content (AvgIpc) is 2.86. The third-order valence-corrected chi connectivity index (χ3v) is 3.74. The lowest BCUT2D eigenvalue weighted by molar-refractivity contribution is 0.160. The van der Waals surface area contributed by atoms with Crippen molar-refractivity contribution in [2.24, 2.45) is 0 Å². The predicted octanol–water partition coefficient (Wildman–Crippen LogP) is 1.30. The molecule has 0 aromatic carbocycles. The Balaban J connectivity index is 2.06. The number of aromatic amines is 1. The molecule has 1 unspecified atom stereocenters. The summed E-state index contributed by atoms with van der Waals surface area (Å²) < 4.78 is 0. The number of aliphatic hydroxyl groups excluding tert-OH is 1. The third kappa shape index (κ3) is 1.46. The molecular weight excluding hydrogens is 212 g/mol. The Labute approximate surface area is 90.2 Å². The van der Waals surface area contributed by atoms with E-state index in [2.05, 4.69) is 20.2 Å². The molecule has 0 bridgehead atoms. The van der Waals surface area contributed by atoms with E-state index in [1.54, 1.807) is 0 Å². The second-order valence-corrected chi connectivity index (χ2v) is 4.60. The fourth-order valence-electron chi connectivity index (χ4n) is 1.81. The van der Waals surface area contributed by atoms with Crippen molar-refractivity contribution < 1.29 is 5.11 Å². The number of H-pyrrole nitrogens is 1. The third-order valence-electron chi connectivity index (χ3n) is 2.54. The smallest absolute Gasteiger partial charge is 0.184 e. The number of aliphatic hydroxyl groups is 1. The maximum atomic E-state index is 9.80. The van der Waals surface area contributed by atoms with Gasteiger partial charge >= 0.3 is 0 Å². The minimum atomic E-state index is -0.345. The van der Waals surface area contributed by atoms with Gasteiger partial charge in [0.1, 0.15) is 6.33 Å². The highest BCUT2D eigenvalue weighted by molar-refractivity contribution is 7.15. The van der Waals surface area contributed by atoms with E-state index >= 15 is 0 Å². The van der Waals surface area contributed by atoms with Crippen molar-refractivity contribution in [3.63, 3.8) is 0 Å². The van der Waals surface area contributed by atoms with Crippen molar-refractivity contribution >= 4 is 11.3 Å². The molecule has 6 heteroatoms. The zero-order chi connectivity index (χ0) is 10.3. The number of thiazole rings is 1. The molecule has 0 saturated heterocycles. The first-order valence-electron chi connectivity index (χ1n) is 4.88. The number of hydrogen-bond donors (Lipinski definition) is 2. The summed E-state index contributed by atoms with van der Waals surface area (Å²) in [5.74, 6) is 0.682. The van der Waals surface area contributed by atoms with Crippen LogP contribution in [0.15, 0.2) is 6.33 Å².